The maximum Gasteiger partial charge on any atom is 0.119 e. The van der Waals surface area contributed by atoms with Gasteiger partial charge >= 0.3 is 0 Å². The molecule has 0 aliphatic rings. The van der Waals surface area contributed by atoms with E-state index >= 15 is 0 Å². The summed E-state index contributed by atoms with van der Waals surface area (Å²) in [6, 6.07) is 5.60. The SMILES string of the molecule is COc1ccc(CO)c(I)c1. The molecule has 0 heterocycles. The third kappa shape index (κ3) is 2.07. The standard InChI is InChI=1S/C8H9IO2/c1-11-7-3-2-6(5-10)8(9)4-7/h2-4,10H,5H2,1H3. The molecule has 1 aromatic carbocycles. The second-order valence-electron chi connectivity index (χ2n) is 2.12. The number of methoxy groups -OCH3 is 1. The molecule has 0 saturated heterocycles. The molecule has 0 radical (unpaired) electrons. The molecule has 3 heteroatoms. The summed E-state index contributed by atoms with van der Waals surface area (Å²) in [5, 5.41) is 8.84. The van der Waals surface area contributed by atoms with Crippen molar-refractivity contribution in [3.63, 3.8) is 0 Å². The Bertz CT molecular complexity index is 248. The van der Waals surface area contributed by atoms with Crippen molar-refractivity contribution in [3.05, 3.63) is 27.3 Å². The molecular weight excluding hydrogens is 255 g/mol. The van der Waals surface area contributed by atoms with E-state index in [0.29, 0.717) is 0 Å². The van der Waals surface area contributed by atoms with E-state index in [2.05, 4.69) is 22.6 Å². The Morgan fingerprint density at radius 3 is 2.73 bits per heavy atom. The van der Waals surface area contributed by atoms with Gasteiger partial charge < -0.3 is 9.84 Å². The Hall–Kier alpha value is -0.290. The van der Waals surface area contributed by atoms with Gasteiger partial charge in [-0.25, -0.2) is 0 Å². The van der Waals surface area contributed by atoms with Gasteiger partial charge in [0.05, 0.1) is 13.7 Å². The minimum Gasteiger partial charge on any atom is -0.497 e. The van der Waals surface area contributed by atoms with E-state index in [9.17, 15) is 0 Å². The number of ether oxygens (including phenoxy) is 1. The molecule has 2 nitrogen and oxygen atoms in total. The van der Waals surface area contributed by atoms with E-state index in [1.54, 1.807) is 7.11 Å². The van der Waals surface area contributed by atoms with E-state index in [1.165, 1.54) is 0 Å². The summed E-state index contributed by atoms with van der Waals surface area (Å²) in [7, 11) is 1.63. The molecule has 60 valence electrons. The maximum absolute atomic E-state index is 8.84. The van der Waals surface area contributed by atoms with Crippen molar-refractivity contribution in [1.82, 2.24) is 0 Å². The quantitative estimate of drug-likeness (QED) is 0.825. The van der Waals surface area contributed by atoms with Crippen LogP contribution in [0.2, 0.25) is 0 Å². The zero-order valence-electron chi connectivity index (χ0n) is 6.17. The van der Waals surface area contributed by atoms with Gasteiger partial charge in [-0.15, -0.1) is 0 Å². The fourth-order valence-electron chi connectivity index (χ4n) is 0.783. The molecule has 0 fully saturated rings. The van der Waals surface area contributed by atoms with Crippen LogP contribution in [0.1, 0.15) is 5.56 Å². The lowest BCUT2D eigenvalue weighted by Gasteiger charge is -2.03. The Labute approximate surface area is 79.3 Å². The second-order valence-corrected chi connectivity index (χ2v) is 3.28. The van der Waals surface area contributed by atoms with Crippen LogP contribution in [-0.4, -0.2) is 12.2 Å². The molecule has 0 aromatic heterocycles. The van der Waals surface area contributed by atoms with E-state index < -0.39 is 0 Å². The normalized spacial score (nSPS) is 9.73. The molecule has 0 amide bonds. The van der Waals surface area contributed by atoms with E-state index in [-0.39, 0.29) is 6.61 Å². The zero-order chi connectivity index (χ0) is 8.27. The first kappa shape index (κ1) is 8.80. The van der Waals surface area contributed by atoms with Crippen molar-refractivity contribution in [2.75, 3.05) is 7.11 Å². The molecule has 0 atom stereocenters. The molecule has 0 bridgehead atoms. The van der Waals surface area contributed by atoms with Gasteiger partial charge in [0.1, 0.15) is 5.75 Å². The number of rotatable bonds is 2. The number of hydrogen-bond acceptors (Lipinski definition) is 2. The molecule has 1 aromatic rings. The Morgan fingerprint density at radius 2 is 2.27 bits per heavy atom. The lowest BCUT2D eigenvalue weighted by molar-refractivity contribution is 0.280. The van der Waals surface area contributed by atoms with Crippen LogP contribution in [0.5, 0.6) is 5.75 Å². The monoisotopic (exact) mass is 264 g/mol. The molecule has 0 unspecified atom stereocenters. The minimum atomic E-state index is 0.0856. The van der Waals surface area contributed by atoms with Gasteiger partial charge in [0, 0.05) is 3.57 Å². The lowest BCUT2D eigenvalue weighted by atomic mass is 10.2. The van der Waals surface area contributed by atoms with Crippen LogP contribution in [0.25, 0.3) is 0 Å². The van der Waals surface area contributed by atoms with Gasteiger partial charge in [-0.1, -0.05) is 6.07 Å². The Morgan fingerprint density at radius 1 is 1.55 bits per heavy atom. The molecule has 1 N–H and O–H groups in total. The number of halogens is 1. The first-order valence-corrected chi connectivity index (χ1v) is 4.29. The first-order valence-electron chi connectivity index (χ1n) is 3.21. The van der Waals surface area contributed by atoms with Gasteiger partial charge in [-0.3, -0.25) is 0 Å². The number of aliphatic hydroxyl groups is 1. The highest BCUT2D eigenvalue weighted by molar-refractivity contribution is 14.1. The molecule has 0 aliphatic carbocycles. The highest BCUT2D eigenvalue weighted by Gasteiger charge is 1.98. The average Bonchev–Trinajstić information content (AvgIpc) is 2.04. The van der Waals surface area contributed by atoms with Gasteiger partial charge in [0.25, 0.3) is 0 Å². The molecule has 0 aliphatic heterocycles. The number of hydrogen-bond donors (Lipinski definition) is 1. The summed E-state index contributed by atoms with van der Waals surface area (Å²) in [6.45, 7) is 0.0856. The third-order valence-corrected chi connectivity index (χ3v) is 2.43. The van der Waals surface area contributed by atoms with Crippen molar-refractivity contribution in [2.24, 2.45) is 0 Å². The highest BCUT2D eigenvalue weighted by atomic mass is 127. The van der Waals surface area contributed by atoms with E-state index in [1.807, 2.05) is 18.2 Å². The smallest absolute Gasteiger partial charge is 0.119 e. The van der Waals surface area contributed by atoms with Crippen LogP contribution < -0.4 is 4.74 Å². The van der Waals surface area contributed by atoms with Gasteiger partial charge in [-0.2, -0.15) is 0 Å². The average molecular weight is 264 g/mol. The first-order chi connectivity index (χ1) is 5.27. The molecule has 1 rings (SSSR count). The molecule has 0 saturated carbocycles. The van der Waals surface area contributed by atoms with Gasteiger partial charge in [0.15, 0.2) is 0 Å². The summed E-state index contributed by atoms with van der Waals surface area (Å²) >= 11 is 2.17. The maximum atomic E-state index is 8.84. The largest absolute Gasteiger partial charge is 0.497 e. The molecular formula is C8H9IO2. The molecule has 11 heavy (non-hydrogen) atoms. The van der Waals surface area contributed by atoms with Crippen molar-refractivity contribution < 1.29 is 9.84 Å². The van der Waals surface area contributed by atoms with Crippen molar-refractivity contribution in [3.8, 4) is 5.75 Å². The molecule has 0 spiro atoms. The predicted molar refractivity (Wildman–Crippen MR) is 51.6 cm³/mol. The zero-order valence-corrected chi connectivity index (χ0v) is 8.33. The van der Waals surface area contributed by atoms with Crippen molar-refractivity contribution >= 4 is 22.6 Å². The summed E-state index contributed by atoms with van der Waals surface area (Å²) in [5.74, 6) is 0.826. The van der Waals surface area contributed by atoms with Crippen molar-refractivity contribution in [1.29, 1.82) is 0 Å². The predicted octanol–water partition coefficient (Wildman–Crippen LogP) is 1.79. The van der Waals surface area contributed by atoms with Crippen molar-refractivity contribution in [2.45, 2.75) is 6.61 Å². The Kier molecular flexibility index (Phi) is 3.14. The van der Waals surface area contributed by atoms with Gasteiger partial charge in [0.2, 0.25) is 0 Å². The van der Waals surface area contributed by atoms with Crippen LogP contribution in [-0.2, 0) is 6.61 Å². The fraction of sp³-hybridized carbons (Fsp3) is 0.250. The van der Waals surface area contributed by atoms with Crippen LogP contribution in [0, 0.1) is 3.57 Å². The second kappa shape index (κ2) is 3.92. The fourth-order valence-corrected chi connectivity index (χ4v) is 1.44. The topological polar surface area (TPSA) is 29.5 Å². The highest BCUT2D eigenvalue weighted by Crippen LogP contribution is 2.18. The third-order valence-electron chi connectivity index (χ3n) is 1.43. The summed E-state index contributed by atoms with van der Waals surface area (Å²) in [6.07, 6.45) is 0. The van der Waals surface area contributed by atoms with Gasteiger partial charge in [-0.05, 0) is 40.3 Å². The number of aliphatic hydroxyl groups excluding tert-OH is 1. The summed E-state index contributed by atoms with van der Waals surface area (Å²) in [5.41, 5.74) is 0.936. The van der Waals surface area contributed by atoms with Crippen LogP contribution in [0.15, 0.2) is 18.2 Å². The lowest BCUT2D eigenvalue weighted by Crippen LogP contribution is -1.89. The van der Waals surface area contributed by atoms with E-state index in [0.717, 1.165) is 14.9 Å². The van der Waals surface area contributed by atoms with Crippen LogP contribution in [0.4, 0.5) is 0 Å². The van der Waals surface area contributed by atoms with Crippen LogP contribution >= 0.6 is 22.6 Å². The summed E-state index contributed by atoms with van der Waals surface area (Å²) < 4.78 is 6.04. The van der Waals surface area contributed by atoms with E-state index in [4.69, 9.17) is 9.84 Å². The van der Waals surface area contributed by atoms with Crippen LogP contribution in [0.3, 0.4) is 0 Å². The minimum absolute atomic E-state index is 0.0856. The number of benzene rings is 1. The Balaban J connectivity index is 2.99. The summed E-state index contributed by atoms with van der Waals surface area (Å²) in [4.78, 5) is 0.